The second-order valence-electron chi connectivity index (χ2n) is 4.00. The third-order valence-electron chi connectivity index (χ3n) is 2.87. The summed E-state index contributed by atoms with van der Waals surface area (Å²) in [5.41, 5.74) is 0.896. The fourth-order valence-electron chi connectivity index (χ4n) is 1.74. The van der Waals surface area contributed by atoms with Gasteiger partial charge in [-0.1, -0.05) is 22.9 Å². The van der Waals surface area contributed by atoms with Gasteiger partial charge in [0.1, 0.15) is 5.69 Å². The fourth-order valence-corrected chi connectivity index (χ4v) is 1.92. The Morgan fingerprint density at radius 3 is 2.94 bits per heavy atom. The summed E-state index contributed by atoms with van der Waals surface area (Å²) in [6, 6.07) is 5.18. The molecular weight excluding hydrogens is 243 g/mol. The highest BCUT2D eigenvalue weighted by Gasteiger charge is 2.21. The number of rotatable bonds is 2. The van der Waals surface area contributed by atoms with Crippen LogP contribution in [-0.4, -0.2) is 28.1 Å². The van der Waals surface area contributed by atoms with Crippen LogP contribution < -0.4 is 5.32 Å². The maximum atomic E-state index is 13.8. The van der Waals surface area contributed by atoms with Gasteiger partial charge in [0.25, 0.3) is 0 Å². The van der Waals surface area contributed by atoms with Crippen molar-refractivity contribution in [1.29, 1.82) is 0 Å². The quantitative estimate of drug-likeness (QED) is 0.888. The molecule has 0 amide bonds. The van der Waals surface area contributed by atoms with Crippen molar-refractivity contribution in [3.8, 4) is 11.3 Å². The summed E-state index contributed by atoms with van der Waals surface area (Å²) in [7, 11) is 0. The van der Waals surface area contributed by atoms with Gasteiger partial charge in [0.05, 0.1) is 17.3 Å². The summed E-state index contributed by atoms with van der Waals surface area (Å²) in [6.07, 6.45) is 1.75. The topological polar surface area (TPSA) is 42.7 Å². The molecule has 4 nitrogen and oxygen atoms in total. The van der Waals surface area contributed by atoms with Gasteiger partial charge in [-0.25, -0.2) is 9.07 Å². The first kappa shape index (κ1) is 10.7. The van der Waals surface area contributed by atoms with Crippen LogP contribution in [0.1, 0.15) is 6.04 Å². The lowest BCUT2D eigenvalue weighted by Crippen LogP contribution is -2.43. The Hall–Kier alpha value is -1.46. The molecule has 17 heavy (non-hydrogen) atoms. The van der Waals surface area contributed by atoms with Crippen molar-refractivity contribution in [3.05, 3.63) is 35.2 Å². The van der Waals surface area contributed by atoms with Crippen molar-refractivity contribution in [3.63, 3.8) is 0 Å². The first-order chi connectivity index (χ1) is 8.25. The van der Waals surface area contributed by atoms with Gasteiger partial charge < -0.3 is 5.32 Å². The molecule has 0 atom stereocenters. The van der Waals surface area contributed by atoms with E-state index in [9.17, 15) is 4.39 Å². The van der Waals surface area contributed by atoms with E-state index in [-0.39, 0.29) is 5.02 Å². The van der Waals surface area contributed by atoms with E-state index < -0.39 is 5.82 Å². The summed E-state index contributed by atoms with van der Waals surface area (Å²) in [6.45, 7) is 1.75. The summed E-state index contributed by atoms with van der Waals surface area (Å²) < 4.78 is 15.5. The van der Waals surface area contributed by atoms with E-state index in [1.165, 1.54) is 6.07 Å². The van der Waals surface area contributed by atoms with Crippen LogP contribution in [0, 0.1) is 5.82 Å². The molecule has 2 heterocycles. The highest BCUT2D eigenvalue weighted by atomic mass is 35.5. The molecule has 1 aliphatic heterocycles. The zero-order valence-corrected chi connectivity index (χ0v) is 9.65. The van der Waals surface area contributed by atoms with Gasteiger partial charge in [-0.3, -0.25) is 0 Å². The molecule has 2 aromatic rings. The van der Waals surface area contributed by atoms with E-state index in [0.29, 0.717) is 17.3 Å². The Kier molecular flexibility index (Phi) is 2.57. The molecule has 1 fully saturated rings. The monoisotopic (exact) mass is 252 g/mol. The predicted octanol–water partition coefficient (Wildman–Crippen LogP) is 1.88. The van der Waals surface area contributed by atoms with E-state index in [4.69, 9.17) is 11.6 Å². The first-order valence-corrected chi connectivity index (χ1v) is 5.70. The minimum atomic E-state index is -0.451. The minimum absolute atomic E-state index is 0.0994. The third-order valence-corrected chi connectivity index (χ3v) is 3.16. The van der Waals surface area contributed by atoms with Gasteiger partial charge in [-0.05, 0) is 12.1 Å². The van der Waals surface area contributed by atoms with E-state index in [0.717, 1.165) is 13.1 Å². The molecule has 0 bridgehead atoms. The van der Waals surface area contributed by atoms with Crippen molar-refractivity contribution in [2.75, 3.05) is 13.1 Å². The third kappa shape index (κ3) is 1.81. The van der Waals surface area contributed by atoms with Crippen LogP contribution in [0.3, 0.4) is 0 Å². The highest BCUT2D eigenvalue weighted by Crippen LogP contribution is 2.26. The van der Waals surface area contributed by atoms with Gasteiger partial charge in [-0.2, -0.15) is 0 Å². The normalized spacial score (nSPS) is 15.9. The van der Waals surface area contributed by atoms with Gasteiger partial charge in [-0.15, -0.1) is 5.10 Å². The summed E-state index contributed by atoms with van der Waals surface area (Å²) in [4.78, 5) is 0. The zero-order valence-electron chi connectivity index (χ0n) is 8.90. The Labute approximate surface area is 102 Å². The molecule has 0 unspecified atom stereocenters. The van der Waals surface area contributed by atoms with Crippen molar-refractivity contribution in [2.24, 2.45) is 0 Å². The van der Waals surface area contributed by atoms with Gasteiger partial charge in [0, 0.05) is 18.7 Å². The SMILES string of the molecule is Fc1c(Cl)cccc1-c1cn(C2CNC2)nn1. The van der Waals surface area contributed by atoms with Crippen LogP contribution in [0.2, 0.25) is 5.02 Å². The molecule has 0 aliphatic carbocycles. The van der Waals surface area contributed by atoms with Crippen LogP contribution in [0.5, 0.6) is 0 Å². The molecule has 1 N–H and O–H groups in total. The second kappa shape index (κ2) is 4.09. The Morgan fingerprint density at radius 2 is 2.24 bits per heavy atom. The lowest BCUT2D eigenvalue weighted by Gasteiger charge is -2.26. The average molecular weight is 253 g/mol. The molecule has 1 aromatic heterocycles. The number of halogens is 2. The average Bonchev–Trinajstić information content (AvgIpc) is 2.68. The number of hydrogen-bond acceptors (Lipinski definition) is 3. The number of aromatic nitrogens is 3. The number of nitrogens with one attached hydrogen (secondary N) is 1. The van der Waals surface area contributed by atoms with E-state index in [1.807, 2.05) is 0 Å². The maximum absolute atomic E-state index is 13.8. The Bertz CT molecular complexity index is 550. The second-order valence-corrected chi connectivity index (χ2v) is 4.40. The summed E-state index contributed by atoms with van der Waals surface area (Å²) in [5.74, 6) is -0.451. The molecule has 6 heteroatoms. The van der Waals surface area contributed by atoms with Gasteiger partial charge in [0.2, 0.25) is 0 Å². The lowest BCUT2D eigenvalue weighted by molar-refractivity contribution is 0.313. The molecule has 88 valence electrons. The molecule has 3 rings (SSSR count). The molecular formula is C11H10ClFN4. The lowest BCUT2D eigenvalue weighted by atomic mass is 10.1. The van der Waals surface area contributed by atoms with Crippen molar-refractivity contribution < 1.29 is 4.39 Å². The van der Waals surface area contributed by atoms with Crippen LogP contribution in [-0.2, 0) is 0 Å². The molecule has 0 spiro atoms. The van der Waals surface area contributed by atoms with Crippen molar-refractivity contribution >= 4 is 11.6 Å². The Balaban J connectivity index is 1.97. The van der Waals surface area contributed by atoms with Crippen LogP contribution in [0.4, 0.5) is 4.39 Å². The number of nitrogens with zero attached hydrogens (tertiary/aromatic N) is 3. The molecule has 1 saturated heterocycles. The van der Waals surface area contributed by atoms with E-state index >= 15 is 0 Å². The zero-order chi connectivity index (χ0) is 11.8. The number of hydrogen-bond donors (Lipinski definition) is 1. The van der Waals surface area contributed by atoms with Gasteiger partial charge >= 0.3 is 0 Å². The number of benzene rings is 1. The van der Waals surface area contributed by atoms with E-state index in [2.05, 4.69) is 15.6 Å². The minimum Gasteiger partial charge on any atom is -0.312 e. The van der Waals surface area contributed by atoms with Gasteiger partial charge in [0.15, 0.2) is 5.82 Å². The molecule has 0 saturated carbocycles. The van der Waals surface area contributed by atoms with E-state index in [1.54, 1.807) is 23.0 Å². The maximum Gasteiger partial charge on any atom is 0.151 e. The summed E-state index contributed by atoms with van der Waals surface area (Å²) >= 11 is 5.73. The van der Waals surface area contributed by atoms with Crippen molar-refractivity contribution in [1.82, 2.24) is 20.3 Å². The highest BCUT2D eigenvalue weighted by molar-refractivity contribution is 6.31. The van der Waals surface area contributed by atoms with Crippen LogP contribution >= 0.6 is 11.6 Å². The standard InChI is InChI=1S/C11H10ClFN4/c12-9-3-1-2-8(11(9)13)10-6-17(16-15-10)7-4-14-5-7/h1-3,6-7,14H,4-5H2. The predicted molar refractivity (Wildman–Crippen MR) is 62.3 cm³/mol. The van der Waals surface area contributed by atoms with Crippen LogP contribution in [0.25, 0.3) is 11.3 Å². The molecule has 0 radical (unpaired) electrons. The molecule has 1 aromatic carbocycles. The fraction of sp³-hybridized carbons (Fsp3) is 0.273. The van der Waals surface area contributed by atoms with Crippen LogP contribution in [0.15, 0.2) is 24.4 Å². The molecule has 1 aliphatic rings. The summed E-state index contributed by atoms with van der Waals surface area (Å²) in [5, 5.41) is 11.2. The first-order valence-electron chi connectivity index (χ1n) is 5.32. The smallest absolute Gasteiger partial charge is 0.151 e. The largest absolute Gasteiger partial charge is 0.312 e. The Morgan fingerprint density at radius 1 is 1.41 bits per heavy atom. The van der Waals surface area contributed by atoms with Crippen molar-refractivity contribution in [2.45, 2.75) is 6.04 Å².